The molecule has 1 heterocycles. The molecule has 0 saturated heterocycles. The number of amides is 1. The number of carbonyl (C=O) groups excluding carboxylic acids is 1. The minimum absolute atomic E-state index is 0.0719. The molecule has 11 heteroatoms. The number of rotatable bonds is 7. The van der Waals surface area contributed by atoms with Gasteiger partial charge in [0, 0.05) is 36.6 Å². The first-order valence-electron chi connectivity index (χ1n) is 10.2. The third-order valence-electron chi connectivity index (χ3n) is 4.95. The summed E-state index contributed by atoms with van der Waals surface area (Å²) >= 11 is 5.84. The fourth-order valence-corrected chi connectivity index (χ4v) is 4.49. The molecule has 0 bridgehead atoms. The number of sulfonamides is 1. The molecule has 4 N–H and O–H groups in total. The monoisotopic (exact) mass is 499 g/mol. The van der Waals surface area contributed by atoms with Crippen molar-refractivity contribution >= 4 is 44.6 Å². The molecule has 2 aliphatic rings. The van der Waals surface area contributed by atoms with Crippen LogP contribution in [0.5, 0.6) is 0 Å². The maximum absolute atomic E-state index is 12.6. The molecule has 0 fully saturated rings. The van der Waals surface area contributed by atoms with E-state index in [0.717, 1.165) is 5.69 Å². The molecule has 9 nitrogen and oxygen atoms in total. The Morgan fingerprint density at radius 1 is 1.15 bits per heavy atom. The van der Waals surface area contributed by atoms with E-state index in [1.807, 2.05) is 12.1 Å². The predicted octanol–water partition coefficient (Wildman–Crippen LogP) is 3.33. The SMILES string of the molecule is COC1(Nc2cccc(NC(C)=O)c2)C=CC2=NC(NS(=O)(=O)c3ccc(Cl)cc3)=CNC2=C1. The van der Waals surface area contributed by atoms with Gasteiger partial charge in [-0.3, -0.25) is 9.52 Å². The molecule has 2 aromatic carbocycles. The van der Waals surface area contributed by atoms with Crippen LogP contribution in [-0.4, -0.2) is 32.9 Å². The standard InChI is InChI=1S/C23H22ClN5O4S/c1-15(30)26-17-4-3-5-18(12-17)28-23(33-2)11-10-20-21(13-23)25-14-22(27-20)29-34(31,32)19-8-6-16(24)7-9-19/h3-14,25,28-29H,1-2H3,(H,26,30). The van der Waals surface area contributed by atoms with Crippen molar-refractivity contribution < 1.29 is 17.9 Å². The van der Waals surface area contributed by atoms with E-state index in [2.05, 4.69) is 25.7 Å². The Morgan fingerprint density at radius 3 is 2.59 bits per heavy atom. The topological polar surface area (TPSA) is 121 Å². The first-order chi connectivity index (χ1) is 16.2. The van der Waals surface area contributed by atoms with Gasteiger partial charge in [-0.1, -0.05) is 17.7 Å². The molecule has 0 spiro atoms. The lowest BCUT2D eigenvalue weighted by Crippen LogP contribution is -2.41. The van der Waals surface area contributed by atoms with Gasteiger partial charge in [-0.2, -0.15) is 0 Å². The number of halogens is 1. The molecule has 0 radical (unpaired) electrons. The summed E-state index contributed by atoms with van der Waals surface area (Å²) in [6, 6.07) is 13.1. The molecule has 176 valence electrons. The van der Waals surface area contributed by atoms with Crippen LogP contribution in [0.4, 0.5) is 11.4 Å². The first kappa shape index (κ1) is 23.6. The number of nitrogens with zero attached hydrogens (tertiary/aromatic N) is 1. The number of nitrogens with one attached hydrogen (secondary N) is 4. The van der Waals surface area contributed by atoms with Crippen LogP contribution in [0.3, 0.4) is 0 Å². The lowest BCUT2D eigenvalue weighted by Gasteiger charge is -2.33. The van der Waals surface area contributed by atoms with Crippen molar-refractivity contribution in [1.29, 1.82) is 0 Å². The van der Waals surface area contributed by atoms with Gasteiger partial charge in [-0.15, -0.1) is 0 Å². The van der Waals surface area contributed by atoms with Gasteiger partial charge < -0.3 is 20.7 Å². The van der Waals surface area contributed by atoms with E-state index in [-0.39, 0.29) is 16.6 Å². The summed E-state index contributed by atoms with van der Waals surface area (Å²) in [7, 11) is -2.28. The number of methoxy groups -OCH3 is 1. The summed E-state index contributed by atoms with van der Waals surface area (Å²) in [6.07, 6.45) is 6.73. The van der Waals surface area contributed by atoms with Gasteiger partial charge in [0.15, 0.2) is 11.5 Å². The van der Waals surface area contributed by atoms with Crippen molar-refractivity contribution in [3.05, 3.63) is 89.5 Å². The van der Waals surface area contributed by atoms with Crippen molar-refractivity contribution in [2.45, 2.75) is 17.5 Å². The van der Waals surface area contributed by atoms with Crippen LogP contribution in [0.15, 0.2) is 94.4 Å². The predicted molar refractivity (Wildman–Crippen MR) is 132 cm³/mol. The maximum atomic E-state index is 12.6. The number of benzene rings is 2. The Bertz CT molecular complexity index is 1350. The molecule has 34 heavy (non-hydrogen) atoms. The average Bonchev–Trinajstić information content (AvgIpc) is 2.79. The van der Waals surface area contributed by atoms with E-state index < -0.39 is 15.7 Å². The summed E-state index contributed by atoms with van der Waals surface area (Å²) in [4.78, 5) is 15.8. The van der Waals surface area contributed by atoms with Gasteiger partial charge in [0.05, 0.1) is 16.3 Å². The van der Waals surface area contributed by atoms with Gasteiger partial charge in [-0.25, -0.2) is 13.4 Å². The van der Waals surface area contributed by atoms with Gasteiger partial charge in [0.25, 0.3) is 10.0 Å². The smallest absolute Gasteiger partial charge is 0.263 e. The Hall–Kier alpha value is -3.60. The molecular weight excluding hydrogens is 478 g/mol. The van der Waals surface area contributed by atoms with Gasteiger partial charge >= 0.3 is 0 Å². The zero-order chi connectivity index (χ0) is 24.3. The van der Waals surface area contributed by atoms with Crippen LogP contribution in [0.2, 0.25) is 5.02 Å². The summed E-state index contributed by atoms with van der Waals surface area (Å²) in [5.74, 6) is -0.0348. The molecule has 1 aliphatic heterocycles. The Labute approximate surface area is 202 Å². The van der Waals surface area contributed by atoms with Gasteiger partial charge in [0.1, 0.15) is 0 Å². The average molecular weight is 500 g/mol. The molecular formula is C23H22ClN5O4S. The summed E-state index contributed by atoms with van der Waals surface area (Å²) in [5.41, 5.74) is 1.53. The second-order valence-electron chi connectivity index (χ2n) is 7.51. The molecule has 1 aliphatic carbocycles. The van der Waals surface area contributed by atoms with Gasteiger partial charge in [0.2, 0.25) is 5.91 Å². The van der Waals surface area contributed by atoms with E-state index in [1.165, 1.54) is 37.4 Å². The van der Waals surface area contributed by atoms with E-state index in [0.29, 0.717) is 22.1 Å². The number of carbonyl (C=O) groups is 1. The summed E-state index contributed by atoms with van der Waals surface area (Å²) in [5, 5.41) is 9.53. The highest BCUT2D eigenvalue weighted by Gasteiger charge is 2.30. The lowest BCUT2D eigenvalue weighted by atomic mass is 10.0. The molecule has 1 amide bonds. The molecule has 2 aromatic rings. The number of aliphatic imine (C=N–C) groups is 1. The fourth-order valence-electron chi connectivity index (χ4n) is 3.37. The van der Waals surface area contributed by atoms with Crippen LogP contribution in [0.25, 0.3) is 0 Å². The molecule has 0 saturated carbocycles. The molecule has 0 aromatic heterocycles. The van der Waals surface area contributed by atoms with Crippen molar-refractivity contribution in [1.82, 2.24) is 10.0 Å². The Balaban J connectivity index is 1.52. The minimum Gasteiger partial charge on any atom is -0.357 e. The second kappa shape index (κ2) is 9.34. The van der Waals surface area contributed by atoms with Crippen LogP contribution in [0, 0.1) is 0 Å². The van der Waals surface area contributed by atoms with E-state index in [9.17, 15) is 13.2 Å². The minimum atomic E-state index is -3.83. The Kier molecular flexibility index (Phi) is 6.47. The third-order valence-corrected chi connectivity index (χ3v) is 6.57. The number of fused-ring (bicyclic) bond motifs is 1. The number of anilines is 2. The third kappa shape index (κ3) is 5.30. The quantitative estimate of drug-likeness (QED) is 0.434. The number of hydrogen-bond acceptors (Lipinski definition) is 7. The van der Waals surface area contributed by atoms with Crippen LogP contribution in [-0.2, 0) is 19.6 Å². The normalized spacial score (nSPS) is 19.1. The highest BCUT2D eigenvalue weighted by molar-refractivity contribution is 7.89. The molecule has 1 atom stereocenters. The van der Waals surface area contributed by atoms with Crippen molar-refractivity contribution in [3.63, 3.8) is 0 Å². The van der Waals surface area contributed by atoms with Crippen LogP contribution in [0.1, 0.15) is 6.92 Å². The molecule has 4 rings (SSSR count). The number of hydrogen-bond donors (Lipinski definition) is 4. The van der Waals surface area contributed by atoms with E-state index in [4.69, 9.17) is 16.3 Å². The lowest BCUT2D eigenvalue weighted by molar-refractivity contribution is -0.114. The van der Waals surface area contributed by atoms with Crippen LogP contribution >= 0.6 is 11.6 Å². The molecule has 1 unspecified atom stereocenters. The highest BCUT2D eigenvalue weighted by Crippen LogP contribution is 2.27. The second-order valence-corrected chi connectivity index (χ2v) is 9.62. The van der Waals surface area contributed by atoms with E-state index >= 15 is 0 Å². The Morgan fingerprint density at radius 2 is 1.88 bits per heavy atom. The van der Waals surface area contributed by atoms with Crippen molar-refractivity contribution in [2.75, 3.05) is 17.7 Å². The van der Waals surface area contributed by atoms with Crippen LogP contribution < -0.4 is 20.7 Å². The fraction of sp³-hybridized carbons (Fsp3) is 0.130. The van der Waals surface area contributed by atoms with Crippen molar-refractivity contribution in [3.8, 4) is 0 Å². The number of ether oxygens (including phenoxy) is 1. The zero-order valence-electron chi connectivity index (χ0n) is 18.3. The largest absolute Gasteiger partial charge is 0.357 e. The first-order valence-corrected chi connectivity index (χ1v) is 12.0. The summed E-state index contributed by atoms with van der Waals surface area (Å²) < 4.78 is 33.5. The highest BCUT2D eigenvalue weighted by atomic mass is 35.5. The zero-order valence-corrected chi connectivity index (χ0v) is 19.9. The number of allylic oxidation sites excluding steroid dienone is 1. The van der Waals surface area contributed by atoms with Gasteiger partial charge in [-0.05, 0) is 60.7 Å². The summed E-state index contributed by atoms with van der Waals surface area (Å²) in [6.45, 7) is 1.44. The maximum Gasteiger partial charge on any atom is 0.263 e. The van der Waals surface area contributed by atoms with E-state index in [1.54, 1.807) is 37.5 Å². The van der Waals surface area contributed by atoms with Crippen molar-refractivity contribution in [2.24, 2.45) is 4.99 Å².